The predicted octanol–water partition coefficient (Wildman–Crippen LogP) is 8.89. The van der Waals surface area contributed by atoms with Gasteiger partial charge >= 0.3 is 0 Å². The van der Waals surface area contributed by atoms with Crippen molar-refractivity contribution in [2.24, 2.45) is 0 Å². The normalized spacial score (nSPS) is 30.0. The summed E-state index contributed by atoms with van der Waals surface area (Å²) in [4.78, 5) is 0. The van der Waals surface area contributed by atoms with Gasteiger partial charge in [0.1, 0.15) is 11.2 Å². The Morgan fingerprint density at radius 1 is 0.333 bits per heavy atom. The summed E-state index contributed by atoms with van der Waals surface area (Å²) < 4.78 is 8.02. The quantitative estimate of drug-likeness (QED) is 0.213. The fourth-order valence-electron chi connectivity index (χ4n) is 9.43. The molecular weight excluding hydrogens is 508 g/mol. The molecule has 1 saturated heterocycles. The number of hydrogen-bond donors (Lipinski definition) is 0. The van der Waals surface area contributed by atoms with Crippen LogP contribution in [0.15, 0.2) is 176 Å². The van der Waals surface area contributed by atoms with Crippen molar-refractivity contribution in [2.75, 3.05) is 0 Å². The molecule has 200 valence electrons. The van der Waals surface area contributed by atoms with E-state index in [-0.39, 0.29) is 5.92 Å². The number of ether oxygens (including phenoxy) is 1. The summed E-state index contributed by atoms with van der Waals surface area (Å²) in [5, 5.41) is 0. The Morgan fingerprint density at radius 2 is 0.643 bits per heavy atom. The van der Waals surface area contributed by atoms with E-state index in [1.165, 1.54) is 38.9 Å². The van der Waals surface area contributed by atoms with Crippen LogP contribution in [0.2, 0.25) is 0 Å². The SMILES string of the molecule is c1ccc(C2[C@@]3(c4ccccc4)[C@@]4(c5ccccc5)O[C@@](c5ccccc5)(c5ccccc54)[C@]23c2ccccc2)cc1. The van der Waals surface area contributed by atoms with Gasteiger partial charge in [-0.2, -0.15) is 0 Å². The van der Waals surface area contributed by atoms with E-state index in [2.05, 4.69) is 176 Å². The van der Waals surface area contributed by atoms with Crippen LogP contribution in [0.25, 0.3) is 0 Å². The molecule has 0 spiro atoms. The third-order valence-electron chi connectivity index (χ3n) is 10.5. The van der Waals surface area contributed by atoms with E-state index < -0.39 is 22.0 Å². The van der Waals surface area contributed by atoms with E-state index >= 15 is 0 Å². The first-order chi connectivity index (χ1) is 20.8. The van der Waals surface area contributed by atoms with Crippen LogP contribution in [-0.4, -0.2) is 0 Å². The summed E-state index contributed by atoms with van der Waals surface area (Å²) in [6.07, 6.45) is 0. The second-order valence-corrected chi connectivity index (χ2v) is 11.9. The summed E-state index contributed by atoms with van der Waals surface area (Å²) in [7, 11) is 0. The summed E-state index contributed by atoms with van der Waals surface area (Å²) in [6.45, 7) is 0. The molecule has 0 N–H and O–H groups in total. The number of rotatable bonds is 5. The van der Waals surface area contributed by atoms with Gasteiger partial charge in [0.15, 0.2) is 0 Å². The Hall–Kier alpha value is -4.72. The minimum absolute atomic E-state index is 0.151. The molecule has 0 amide bonds. The van der Waals surface area contributed by atoms with Gasteiger partial charge in [-0.1, -0.05) is 176 Å². The molecule has 9 rings (SSSR count). The second-order valence-electron chi connectivity index (χ2n) is 11.9. The molecular formula is C41H30O. The molecule has 2 heterocycles. The standard InChI is InChI=1S/C41H30O/c1-6-18-30(19-7-1)37-38(31-20-8-2-9-21-31)39(37,32-22-10-3-11-23-32)41(34-26-14-5-15-27-34)36-29-17-16-28-35(36)40(38,42-41)33-24-12-4-13-25-33/h1-29,37H/t38-,39-,40+,41+/m1/s1. The van der Waals surface area contributed by atoms with Gasteiger partial charge in [0.05, 0.1) is 10.8 Å². The van der Waals surface area contributed by atoms with Crippen molar-refractivity contribution >= 4 is 0 Å². The van der Waals surface area contributed by atoms with Gasteiger partial charge < -0.3 is 4.74 Å². The number of hydrogen-bond acceptors (Lipinski definition) is 1. The zero-order chi connectivity index (χ0) is 27.8. The van der Waals surface area contributed by atoms with Crippen molar-refractivity contribution in [3.8, 4) is 0 Å². The molecule has 6 aromatic rings. The summed E-state index contributed by atoms with van der Waals surface area (Å²) >= 11 is 0. The van der Waals surface area contributed by atoms with Crippen molar-refractivity contribution in [2.45, 2.75) is 27.9 Å². The van der Waals surface area contributed by atoms with Crippen LogP contribution >= 0.6 is 0 Å². The lowest BCUT2D eigenvalue weighted by atomic mass is 9.57. The molecule has 0 radical (unpaired) electrons. The van der Waals surface area contributed by atoms with Gasteiger partial charge in [0.25, 0.3) is 0 Å². The summed E-state index contributed by atoms with van der Waals surface area (Å²) in [6, 6.07) is 64.7. The van der Waals surface area contributed by atoms with Crippen LogP contribution in [0.1, 0.15) is 44.9 Å². The number of benzene rings is 6. The fraction of sp³-hybridized carbons (Fsp3) is 0.122. The van der Waals surface area contributed by atoms with Crippen molar-refractivity contribution in [3.05, 3.63) is 215 Å². The van der Waals surface area contributed by atoms with Gasteiger partial charge in [-0.05, 0) is 38.9 Å². The second kappa shape index (κ2) is 8.41. The van der Waals surface area contributed by atoms with Gasteiger partial charge in [-0.3, -0.25) is 0 Å². The molecule has 0 aromatic heterocycles. The molecule has 1 heteroatoms. The van der Waals surface area contributed by atoms with Crippen molar-refractivity contribution < 1.29 is 4.74 Å². The Kier molecular flexibility index (Phi) is 4.79. The Labute approximate surface area is 247 Å². The Morgan fingerprint density at radius 3 is 1.02 bits per heavy atom. The maximum absolute atomic E-state index is 8.02. The van der Waals surface area contributed by atoms with Gasteiger partial charge in [-0.15, -0.1) is 0 Å². The first-order valence-electron chi connectivity index (χ1n) is 14.9. The molecule has 1 aliphatic carbocycles. The Bertz CT molecular complexity index is 1780. The van der Waals surface area contributed by atoms with Crippen LogP contribution in [0.5, 0.6) is 0 Å². The van der Waals surface area contributed by atoms with E-state index in [1.54, 1.807) is 0 Å². The van der Waals surface area contributed by atoms with Crippen LogP contribution in [0.3, 0.4) is 0 Å². The van der Waals surface area contributed by atoms with Crippen molar-refractivity contribution in [1.29, 1.82) is 0 Å². The van der Waals surface area contributed by atoms with Gasteiger partial charge in [0.2, 0.25) is 0 Å². The topological polar surface area (TPSA) is 9.23 Å². The van der Waals surface area contributed by atoms with Crippen LogP contribution in [0.4, 0.5) is 0 Å². The van der Waals surface area contributed by atoms with Crippen molar-refractivity contribution in [1.82, 2.24) is 0 Å². The largest absolute Gasteiger partial charge is 0.348 e. The lowest BCUT2D eigenvalue weighted by Crippen LogP contribution is -2.45. The van der Waals surface area contributed by atoms with E-state index in [0.717, 1.165) is 0 Å². The maximum atomic E-state index is 8.02. The average molecular weight is 539 g/mol. The lowest BCUT2D eigenvalue weighted by molar-refractivity contribution is -0.0843. The van der Waals surface area contributed by atoms with Crippen LogP contribution < -0.4 is 0 Å². The van der Waals surface area contributed by atoms with Gasteiger partial charge in [-0.25, -0.2) is 0 Å². The molecule has 2 aliphatic heterocycles. The highest BCUT2D eigenvalue weighted by Crippen LogP contribution is 2.95. The number of fused-ring (bicyclic) bond motifs is 8. The molecule has 1 nitrogen and oxygen atoms in total. The zero-order valence-corrected chi connectivity index (χ0v) is 23.2. The van der Waals surface area contributed by atoms with Gasteiger partial charge in [0, 0.05) is 5.92 Å². The molecule has 4 atom stereocenters. The zero-order valence-electron chi connectivity index (χ0n) is 23.2. The predicted molar refractivity (Wildman–Crippen MR) is 167 cm³/mol. The third kappa shape index (κ3) is 2.48. The fourth-order valence-corrected chi connectivity index (χ4v) is 9.43. The first-order valence-corrected chi connectivity index (χ1v) is 14.9. The highest BCUT2D eigenvalue weighted by atomic mass is 16.5. The monoisotopic (exact) mass is 538 g/mol. The first kappa shape index (κ1) is 23.9. The highest BCUT2D eigenvalue weighted by Gasteiger charge is 2.99. The molecule has 6 aromatic carbocycles. The van der Waals surface area contributed by atoms with Crippen molar-refractivity contribution in [3.63, 3.8) is 0 Å². The third-order valence-corrected chi connectivity index (χ3v) is 10.5. The molecule has 1 saturated carbocycles. The van der Waals surface area contributed by atoms with E-state index in [4.69, 9.17) is 4.74 Å². The van der Waals surface area contributed by atoms with Crippen LogP contribution in [-0.2, 0) is 26.8 Å². The molecule has 0 unspecified atom stereocenters. The summed E-state index contributed by atoms with van der Waals surface area (Å²) in [5.74, 6) is 0.151. The van der Waals surface area contributed by atoms with E-state index in [0.29, 0.717) is 0 Å². The average Bonchev–Trinajstić information content (AvgIpc) is 3.54. The summed E-state index contributed by atoms with van der Waals surface area (Å²) in [5.41, 5.74) is 6.65. The highest BCUT2D eigenvalue weighted by molar-refractivity contribution is 5.79. The smallest absolute Gasteiger partial charge is 0.131 e. The minimum atomic E-state index is -0.724. The maximum Gasteiger partial charge on any atom is 0.131 e. The minimum Gasteiger partial charge on any atom is -0.348 e. The Balaban J connectivity index is 1.55. The molecule has 3 aliphatic rings. The van der Waals surface area contributed by atoms with Crippen LogP contribution in [0, 0.1) is 0 Å². The lowest BCUT2D eigenvalue weighted by Gasteiger charge is -2.40. The van der Waals surface area contributed by atoms with E-state index in [9.17, 15) is 0 Å². The molecule has 42 heavy (non-hydrogen) atoms. The van der Waals surface area contributed by atoms with E-state index in [1.807, 2.05) is 0 Å². The molecule has 2 bridgehead atoms. The molecule has 2 fully saturated rings.